The van der Waals surface area contributed by atoms with Gasteiger partial charge in [0.15, 0.2) is 5.84 Å². The fourth-order valence-corrected chi connectivity index (χ4v) is 5.12. The van der Waals surface area contributed by atoms with Crippen molar-refractivity contribution in [3.05, 3.63) is 114 Å². The number of hydrogen-bond acceptors (Lipinski definition) is 4. The average Bonchev–Trinajstić information content (AvgIpc) is 2.99. The summed E-state index contributed by atoms with van der Waals surface area (Å²) in [6, 6.07) is 9.67. The third-order valence-electron chi connectivity index (χ3n) is 7.01. The Labute approximate surface area is 259 Å². The third-order valence-corrected chi connectivity index (χ3v) is 7.84. The minimum atomic E-state index is -0.661. The molecular formula is C34H40Cl2FN5. The summed E-state index contributed by atoms with van der Waals surface area (Å²) in [5.41, 5.74) is 4.82. The summed E-state index contributed by atoms with van der Waals surface area (Å²) in [4.78, 5) is 13.3. The van der Waals surface area contributed by atoms with Gasteiger partial charge < -0.3 is 10.6 Å². The molecule has 1 aromatic heterocycles. The van der Waals surface area contributed by atoms with Crippen molar-refractivity contribution in [2.24, 2.45) is 21.8 Å². The van der Waals surface area contributed by atoms with Crippen molar-refractivity contribution in [3.8, 4) is 0 Å². The zero-order valence-corrected chi connectivity index (χ0v) is 26.1. The van der Waals surface area contributed by atoms with Crippen LogP contribution in [0.15, 0.2) is 108 Å². The predicted molar refractivity (Wildman–Crippen MR) is 179 cm³/mol. The van der Waals surface area contributed by atoms with Crippen molar-refractivity contribution in [3.63, 3.8) is 0 Å². The maximum atomic E-state index is 15.1. The number of amidine groups is 1. The molecule has 0 aliphatic heterocycles. The molecule has 2 N–H and O–H groups in total. The van der Waals surface area contributed by atoms with Gasteiger partial charge in [0.2, 0.25) is 0 Å². The van der Waals surface area contributed by atoms with Gasteiger partial charge in [0.05, 0.1) is 16.1 Å². The molecule has 1 aliphatic rings. The van der Waals surface area contributed by atoms with Crippen LogP contribution in [0.4, 0.5) is 10.1 Å². The van der Waals surface area contributed by atoms with Crippen molar-refractivity contribution in [1.29, 1.82) is 0 Å². The van der Waals surface area contributed by atoms with E-state index in [1.165, 1.54) is 5.56 Å². The minimum Gasteiger partial charge on any atom is -0.385 e. The van der Waals surface area contributed by atoms with Crippen LogP contribution < -0.4 is 10.6 Å². The first-order valence-electron chi connectivity index (χ1n) is 14.2. The highest BCUT2D eigenvalue weighted by molar-refractivity contribution is 6.45. The molecule has 222 valence electrons. The van der Waals surface area contributed by atoms with Crippen LogP contribution >= 0.6 is 23.2 Å². The van der Waals surface area contributed by atoms with E-state index in [1.807, 2.05) is 75.4 Å². The first-order valence-corrected chi connectivity index (χ1v) is 15.0. The molecule has 0 amide bonds. The van der Waals surface area contributed by atoms with Crippen LogP contribution in [0.3, 0.4) is 0 Å². The third kappa shape index (κ3) is 9.53. The highest BCUT2D eigenvalue weighted by atomic mass is 35.5. The Kier molecular flexibility index (Phi) is 13.2. The van der Waals surface area contributed by atoms with Crippen LogP contribution in [0.1, 0.15) is 44.7 Å². The number of allylic oxidation sites excluding steroid dienone is 5. The molecule has 0 saturated carbocycles. The molecule has 0 radical (unpaired) electrons. The second-order valence-electron chi connectivity index (χ2n) is 10.2. The van der Waals surface area contributed by atoms with Crippen LogP contribution in [-0.2, 0) is 6.42 Å². The topological polar surface area (TPSA) is 61.7 Å². The van der Waals surface area contributed by atoms with Crippen molar-refractivity contribution < 1.29 is 4.39 Å². The van der Waals surface area contributed by atoms with E-state index in [9.17, 15) is 0 Å². The van der Waals surface area contributed by atoms with E-state index in [-0.39, 0.29) is 17.7 Å². The number of alkyl halides is 1. The van der Waals surface area contributed by atoms with E-state index in [2.05, 4.69) is 33.8 Å². The van der Waals surface area contributed by atoms with Crippen molar-refractivity contribution in [1.82, 2.24) is 10.3 Å². The van der Waals surface area contributed by atoms with Crippen LogP contribution in [0, 0.1) is 11.8 Å². The zero-order chi connectivity index (χ0) is 30.5. The number of hydrogen-bond donors (Lipinski definition) is 2. The van der Waals surface area contributed by atoms with Crippen molar-refractivity contribution in [2.45, 2.75) is 45.4 Å². The molecule has 0 bridgehead atoms. The summed E-state index contributed by atoms with van der Waals surface area (Å²) in [6.45, 7) is 14.7. The van der Waals surface area contributed by atoms with Gasteiger partial charge in [-0.1, -0.05) is 49.4 Å². The number of anilines is 1. The first kappa shape index (κ1) is 33.0. The van der Waals surface area contributed by atoms with E-state index in [1.54, 1.807) is 18.6 Å². The van der Waals surface area contributed by atoms with Crippen LogP contribution in [0.2, 0.25) is 5.02 Å². The summed E-state index contributed by atoms with van der Waals surface area (Å²) in [6.07, 6.45) is 15.2. The number of aliphatic imine (C=N–C) groups is 2. The standard InChI is InChI=1S/C34H40Cl2FN5/c1-6-8-9-27-10-12-29(33(37)32(27)36)23(3)22-41-25(5)34(40-17-7-2)42-28-11-13-30(31(35)21-28)24(4)39-20-16-26-14-18-38-19-15-26/h6-7,10-15,17-19,21,23,27,32,39H,1,4,8-9,16,20,22H2,2-3,5H3,(H,40,42)/b17-7-,41-25+. The highest BCUT2D eigenvalue weighted by Crippen LogP contribution is 2.35. The lowest BCUT2D eigenvalue weighted by molar-refractivity contribution is 0.478. The number of rotatable bonds is 14. The maximum Gasteiger partial charge on any atom is 0.151 e. The Bertz CT molecular complexity index is 1380. The summed E-state index contributed by atoms with van der Waals surface area (Å²) in [5.74, 6) is 0.129. The Morgan fingerprint density at radius 2 is 2.00 bits per heavy atom. The lowest BCUT2D eigenvalue weighted by Crippen LogP contribution is -2.23. The maximum absolute atomic E-state index is 15.1. The van der Waals surface area contributed by atoms with Gasteiger partial charge in [-0.3, -0.25) is 9.98 Å². The van der Waals surface area contributed by atoms with E-state index < -0.39 is 5.38 Å². The van der Waals surface area contributed by atoms with Gasteiger partial charge in [-0.15, -0.1) is 18.2 Å². The molecule has 0 spiro atoms. The summed E-state index contributed by atoms with van der Waals surface area (Å²) in [5, 5.41) is 6.57. The molecule has 3 atom stereocenters. The predicted octanol–water partition coefficient (Wildman–Crippen LogP) is 8.96. The average molecular weight is 609 g/mol. The summed E-state index contributed by atoms with van der Waals surface area (Å²) >= 11 is 13.1. The van der Waals surface area contributed by atoms with E-state index >= 15 is 4.39 Å². The first-order chi connectivity index (χ1) is 20.2. The van der Waals surface area contributed by atoms with E-state index in [4.69, 9.17) is 28.2 Å². The van der Waals surface area contributed by atoms with Crippen LogP contribution in [0.25, 0.3) is 5.70 Å². The zero-order valence-electron chi connectivity index (χ0n) is 24.6. The van der Waals surface area contributed by atoms with Gasteiger partial charge in [-0.25, -0.2) is 9.38 Å². The van der Waals surface area contributed by atoms with E-state index in [0.717, 1.165) is 42.8 Å². The van der Waals surface area contributed by atoms with E-state index in [0.29, 0.717) is 28.7 Å². The van der Waals surface area contributed by atoms with Crippen molar-refractivity contribution >= 4 is 46.1 Å². The number of pyridine rings is 1. The normalized spacial score (nSPS) is 18.3. The molecule has 0 saturated heterocycles. The van der Waals surface area contributed by atoms with Gasteiger partial charge in [-0.05, 0) is 74.6 Å². The smallest absolute Gasteiger partial charge is 0.151 e. The molecule has 1 heterocycles. The second kappa shape index (κ2) is 16.8. The van der Waals surface area contributed by atoms with Crippen LogP contribution in [0.5, 0.6) is 0 Å². The Hall–Kier alpha value is -3.48. The lowest BCUT2D eigenvalue weighted by Gasteiger charge is -2.25. The monoisotopic (exact) mass is 607 g/mol. The largest absolute Gasteiger partial charge is 0.385 e. The van der Waals surface area contributed by atoms with Gasteiger partial charge in [0, 0.05) is 60.5 Å². The quantitative estimate of drug-likeness (QED) is 0.0974. The van der Waals surface area contributed by atoms with Gasteiger partial charge in [-0.2, -0.15) is 0 Å². The molecular weight excluding hydrogens is 568 g/mol. The van der Waals surface area contributed by atoms with Gasteiger partial charge in [0.25, 0.3) is 0 Å². The molecule has 8 heteroatoms. The Morgan fingerprint density at radius 1 is 1.24 bits per heavy atom. The molecule has 2 aromatic rings. The number of benzene rings is 1. The number of nitrogens with zero attached hydrogens (tertiary/aromatic N) is 3. The fraction of sp³-hybridized carbons (Fsp3) is 0.324. The van der Waals surface area contributed by atoms with Gasteiger partial charge in [0.1, 0.15) is 5.83 Å². The minimum absolute atomic E-state index is 0.0344. The Morgan fingerprint density at radius 3 is 2.69 bits per heavy atom. The molecule has 0 fully saturated rings. The Balaban J connectivity index is 1.65. The number of nitrogens with one attached hydrogen (secondary N) is 2. The summed E-state index contributed by atoms with van der Waals surface area (Å²) in [7, 11) is 0. The molecule has 3 unspecified atom stereocenters. The van der Waals surface area contributed by atoms with Crippen LogP contribution in [-0.4, -0.2) is 35.0 Å². The van der Waals surface area contributed by atoms with Gasteiger partial charge >= 0.3 is 0 Å². The SMILES string of the molecule is C=CCCC1C=CC(C(C)C/N=C(C)/C(=N\C=C/C)Nc2ccc(C(=C)NCCc3ccncc3)c(Cl)c2)=C(F)C1Cl. The molecule has 3 rings (SSSR count). The molecule has 5 nitrogen and oxygen atoms in total. The molecule has 42 heavy (non-hydrogen) atoms. The fourth-order valence-electron chi connectivity index (χ4n) is 4.49. The second-order valence-corrected chi connectivity index (χ2v) is 11.1. The number of aromatic nitrogens is 1. The number of halogens is 3. The molecule has 1 aliphatic carbocycles. The molecule has 1 aromatic carbocycles. The highest BCUT2D eigenvalue weighted by Gasteiger charge is 2.28. The van der Waals surface area contributed by atoms with Crippen molar-refractivity contribution in [2.75, 3.05) is 18.4 Å². The summed E-state index contributed by atoms with van der Waals surface area (Å²) < 4.78 is 15.1. The lowest BCUT2D eigenvalue weighted by atomic mass is 9.87.